The summed E-state index contributed by atoms with van der Waals surface area (Å²) in [6.07, 6.45) is 7.43. The van der Waals surface area contributed by atoms with Gasteiger partial charge in [-0.3, -0.25) is 9.59 Å². The van der Waals surface area contributed by atoms with E-state index in [1.165, 1.54) is 13.3 Å². The molecule has 2 aliphatic carbocycles. The van der Waals surface area contributed by atoms with Crippen molar-refractivity contribution in [3.63, 3.8) is 0 Å². The maximum absolute atomic E-state index is 12.5. The van der Waals surface area contributed by atoms with Gasteiger partial charge in [0.05, 0.1) is 5.57 Å². The lowest BCUT2D eigenvalue weighted by atomic mass is 9.63. The minimum atomic E-state index is -0.168. The first-order valence-electron chi connectivity index (χ1n) is 6.32. The number of carbonyl (C=O) groups excluding carboxylic acids is 2. The summed E-state index contributed by atoms with van der Waals surface area (Å²) in [6, 6.07) is 0. The molecule has 0 unspecified atom stereocenters. The Kier molecular flexibility index (Phi) is 3.00. The van der Waals surface area contributed by atoms with Crippen LogP contribution in [0.5, 0.6) is 0 Å². The summed E-state index contributed by atoms with van der Waals surface area (Å²) in [5.41, 5.74) is 1.36. The molecule has 0 bridgehead atoms. The second-order valence-electron chi connectivity index (χ2n) is 5.38. The summed E-state index contributed by atoms with van der Waals surface area (Å²) in [7, 11) is 0. The Morgan fingerprint density at radius 1 is 1.12 bits per heavy atom. The van der Waals surface area contributed by atoms with Crippen LogP contribution in [0.1, 0.15) is 58.8 Å². The Hall–Kier alpha value is -0.920. The van der Waals surface area contributed by atoms with Gasteiger partial charge in [-0.05, 0) is 39.5 Å². The van der Waals surface area contributed by atoms with Crippen LogP contribution in [0.15, 0.2) is 11.1 Å². The molecule has 0 heterocycles. The number of hydrogen-bond acceptors (Lipinski definition) is 2. The summed E-state index contributed by atoms with van der Waals surface area (Å²) < 4.78 is 0. The summed E-state index contributed by atoms with van der Waals surface area (Å²) in [6.45, 7) is 3.46. The van der Waals surface area contributed by atoms with Crippen LogP contribution in [0.2, 0.25) is 0 Å². The molecule has 1 spiro atoms. The lowest BCUT2D eigenvalue weighted by Crippen LogP contribution is -2.39. The van der Waals surface area contributed by atoms with Gasteiger partial charge in [0, 0.05) is 5.41 Å². The number of allylic oxidation sites excluding steroid dienone is 2. The molecule has 0 aromatic heterocycles. The fourth-order valence-corrected chi connectivity index (χ4v) is 3.29. The first kappa shape index (κ1) is 11.6. The molecule has 0 radical (unpaired) electrons. The van der Waals surface area contributed by atoms with Crippen molar-refractivity contribution in [3.05, 3.63) is 11.1 Å². The molecule has 0 aromatic carbocycles. The van der Waals surface area contributed by atoms with Crippen LogP contribution in [-0.2, 0) is 9.59 Å². The van der Waals surface area contributed by atoms with Gasteiger partial charge in [-0.25, -0.2) is 0 Å². The molecule has 0 saturated heterocycles. The Bertz CT molecular complexity index is 357. The standard InChI is InChI=1S/C14H20O2/c1-10-6-9-14(7-4-3-5-8-14)13(16)12(10)11(2)15/h3-9H2,1-2H3. The molecule has 2 heteroatoms. The molecule has 2 rings (SSSR count). The highest BCUT2D eigenvalue weighted by Crippen LogP contribution is 2.46. The van der Waals surface area contributed by atoms with Gasteiger partial charge >= 0.3 is 0 Å². The summed E-state index contributed by atoms with van der Waals surface area (Å²) in [5.74, 6) is 0.121. The van der Waals surface area contributed by atoms with Gasteiger partial charge in [0.2, 0.25) is 0 Å². The normalized spacial score (nSPS) is 25.0. The number of carbonyl (C=O) groups is 2. The van der Waals surface area contributed by atoms with E-state index in [9.17, 15) is 9.59 Å². The minimum Gasteiger partial charge on any atom is -0.294 e. The highest BCUT2D eigenvalue weighted by atomic mass is 16.1. The molecule has 2 aliphatic rings. The predicted molar refractivity (Wildman–Crippen MR) is 63.1 cm³/mol. The molecule has 88 valence electrons. The van der Waals surface area contributed by atoms with E-state index in [1.807, 2.05) is 6.92 Å². The van der Waals surface area contributed by atoms with Crippen molar-refractivity contribution in [1.82, 2.24) is 0 Å². The van der Waals surface area contributed by atoms with Crippen molar-refractivity contribution in [3.8, 4) is 0 Å². The first-order chi connectivity index (χ1) is 7.57. The number of hydrogen-bond donors (Lipinski definition) is 0. The van der Waals surface area contributed by atoms with Crippen LogP contribution in [0.4, 0.5) is 0 Å². The van der Waals surface area contributed by atoms with E-state index in [0.717, 1.165) is 44.1 Å². The van der Waals surface area contributed by atoms with E-state index in [4.69, 9.17) is 0 Å². The van der Waals surface area contributed by atoms with Gasteiger partial charge in [-0.1, -0.05) is 24.8 Å². The Morgan fingerprint density at radius 3 is 2.31 bits per heavy atom. The van der Waals surface area contributed by atoms with Crippen molar-refractivity contribution < 1.29 is 9.59 Å². The van der Waals surface area contributed by atoms with Crippen molar-refractivity contribution in [2.24, 2.45) is 5.41 Å². The monoisotopic (exact) mass is 220 g/mol. The number of Topliss-reactive ketones (excluding diaryl/α,β-unsaturated/α-hetero) is 2. The zero-order valence-electron chi connectivity index (χ0n) is 10.3. The molecule has 0 atom stereocenters. The smallest absolute Gasteiger partial charge is 0.172 e. The quantitative estimate of drug-likeness (QED) is 0.636. The lowest BCUT2D eigenvalue weighted by molar-refractivity contribution is -0.130. The predicted octanol–water partition coefficient (Wildman–Crippen LogP) is 3.21. The fraction of sp³-hybridized carbons (Fsp3) is 0.714. The molecule has 16 heavy (non-hydrogen) atoms. The first-order valence-corrected chi connectivity index (χ1v) is 6.32. The second kappa shape index (κ2) is 4.15. The van der Waals surface area contributed by atoms with Crippen molar-refractivity contribution in [2.75, 3.05) is 0 Å². The zero-order valence-corrected chi connectivity index (χ0v) is 10.3. The fourth-order valence-electron chi connectivity index (χ4n) is 3.29. The van der Waals surface area contributed by atoms with Gasteiger partial charge in [-0.15, -0.1) is 0 Å². The zero-order chi connectivity index (χ0) is 11.8. The summed E-state index contributed by atoms with van der Waals surface area (Å²) >= 11 is 0. The van der Waals surface area contributed by atoms with E-state index >= 15 is 0 Å². The van der Waals surface area contributed by atoms with Crippen LogP contribution < -0.4 is 0 Å². The summed E-state index contributed by atoms with van der Waals surface area (Å²) in [5, 5.41) is 0. The van der Waals surface area contributed by atoms with E-state index in [2.05, 4.69) is 0 Å². The van der Waals surface area contributed by atoms with Gasteiger partial charge in [0.25, 0.3) is 0 Å². The Labute approximate surface area is 97.1 Å². The number of rotatable bonds is 1. The highest BCUT2D eigenvalue weighted by Gasteiger charge is 2.44. The second-order valence-corrected chi connectivity index (χ2v) is 5.38. The SMILES string of the molecule is CC(=O)C1=C(C)CCC2(CCCCC2)C1=O. The third-order valence-electron chi connectivity index (χ3n) is 4.28. The van der Waals surface area contributed by atoms with Crippen LogP contribution in [0, 0.1) is 5.41 Å². The molecule has 0 aromatic rings. The van der Waals surface area contributed by atoms with E-state index < -0.39 is 0 Å². The van der Waals surface area contributed by atoms with Crippen LogP contribution in [0.3, 0.4) is 0 Å². The van der Waals surface area contributed by atoms with Gasteiger partial charge in [-0.2, -0.15) is 0 Å². The van der Waals surface area contributed by atoms with Crippen molar-refractivity contribution in [1.29, 1.82) is 0 Å². The molecule has 0 N–H and O–H groups in total. The van der Waals surface area contributed by atoms with Gasteiger partial charge in [0.1, 0.15) is 0 Å². The molecule has 1 fully saturated rings. The third kappa shape index (κ3) is 1.74. The largest absolute Gasteiger partial charge is 0.294 e. The van der Waals surface area contributed by atoms with Crippen molar-refractivity contribution in [2.45, 2.75) is 58.8 Å². The van der Waals surface area contributed by atoms with E-state index in [-0.39, 0.29) is 17.0 Å². The Morgan fingerprint density at radius 2 is 1.75 bits per heavy atom. The lowest BCUT2D eigenvalue weighted by Gasteiger charge is -2.39. The maximum Gasteiger partial charge on any atom is 0.172 e. The molecular formula is C14H20O2. The highest BCUT2D eigenvalue weighted by molar-refractivity contribution is 6.22. The topological polar surface area (TPSA) is 34.1 Å². The van der Waals surface area contributed by atoms with Gasteiger partial charge in [0.15, 0.2) is 11.6 Å². The van der Waals surface area contributed by atoms with Gasteiger partial charge < -0.3 is 0 Å². The number of ketones is 2. The average molecular weight is 220 g/mol. The molecule has 0 aliphatic heterocycles. The molecule has 2 nitrogen and oxygen atoms in total. The summed E-state index contributed by atoms with van der Waals surface area (Å²) in [4.78, 5) is 24.0. The minimum absolute atomic E-state index is 0.0350. The molecular weight excluding hydrogens is 200 g/mol. The van der Waals surface area contributed by atoms with Crippen LogP contribution in [0.25, 0.3) is 0 Å². The van der Waals surface area contributed by atoms with Crippen molar-refractivity contribution >= 4 is 11.6 Å². The maximum atomic E-state index is 12.5. The van der Waals surface area contributed by atoms with E-state index in [1.54, 1.807) is 0 Å². The molecule has 0 amide bonds. The Balaban J connectivity index is 2.34. The van der Waals surface area contributed by atoms with Crippen LogP contribution in [-0.4, -0.2) is 11.6 Å². The van der Waals surface area contributed by atoms with Crippen LogP contribution >= 0.6 is 0 Å². The third-order valence-corrected chi connectivity index (χ3v) is 4.28. The van der Waals surface area contributed by atoms with E-state index in [0.29, 0.717) is 5.57 Å². The average Bonchev–Trinajstić information content (AvgIpc) is 2.26. The molecule has 1 saturated carbocycles.